The highest BCUT2D eigenvalue weighted by Crippen LogP contribution is 2.18. The number of hydrogen-bond donors (Lipinski definition) is 3. The first-order valence-corrected chi connectivity index (χ1v) is 9.10. The summed E-state index contributed by atoms with van der Waals surface area (Å²) in [6.07, 6.45) is 8.82. The van der Waals surface area contributed by atoms with E-state index < -0.39 is 11.9 Å². The molecule has 0 bridgehead atoms. The SMILES string of the molecule is O=C(O)C1CN(CCc2cn[nH]c2)CCN(C(=O)NC2CCCC2)C1. The first kappa shape index (κ1) is 17.7. The lowest BCUT2D eigenvalue weighted by Gasteiger charge is -2.24. The van der Waals surface area contributed by atoms with Crippen LogP contribution in [0, 0.1) is 5.92 Å². The Morgan fingerprint density at radius 1 is 1.28 bits per heavy atom. The summed E-state index contributed by atoms with van der Waals surface area (Å²) in [6.45, 7) is 2.77. The van der Waals surface area contributed by atoms with Crippen LogP contribution in [0.4, 0.5) is 4.79 Å². The summed E-state index contributed by atoms with van der Waals surface area (Å²) in [4.78, 5) is 27.9. The Morgan fingerprint density at radius 2 is 2.08 bits per heavy atom. The van der Waals surface area contributed by atoms with Crippen molar-refractivity contribution in [1.29, 1.82) is 0 Å². The van der Waals surface area contributed by atoms with Crippen LogP contribution in [0.2, 0.25) is 0 Å². The Kier molecular flexibility index (Phi) is 5.91. The third-order valence-corrected chi connectivity index (χ3v) is 5.20. The highest BCUT2D eigenvalue weighted by atomic mass is 16.4. The maximum atomic E-state index is 12.5. The van der Waals surface area contributed by atoms with E-state index in [9.17, 15) is 14.7 Å². The molecule has 1 aliphatic heterocycles. The van der Waals surface area contributed by atoms with Gasteiger partial charge in [-0.05, 0) is 24.8 Å². The standard InChI is InChI=1S/C17H27N5O3/c23-16(24)14-11-21(6-5-13-9-18-19-10-13)7-8-22(12-14)17(25)20-15-3-1-2-4-15/h9-10,14-15H,1-8,11-12H2,(H,18,19)(H,20,25)(H,23,24). The third kappa shape index (κ3) is 4.94. The minimum absolute atomic E-state index is 0.116. The topological polar surface area (TPSA) is 102 Å². The van der Waals surface area contributed by atoms with E-state index in [0.717, 1.165) is 44.2 Å². The third-order valence-electron chi connectivity index (χ3n) is 5.20. The summed E-state index contributed by atoms with van der Waals surface area (Å²) in [5.41, 5.74) is 1.10. The summed E-state index contributed by atoms with van der Waals surface area (Å²) in [6, 6.07) is 0.131. The zero-order valence-corrected chi connectivity index (χ0v) is 14.5. The molecule has 138 valence electrons. The van der Waals surface area contributed by atoms with Crippen LogP contribution in [0.25, 0.3) is 0 Å². The van der Waals surface area contributed by atoms with Gasteiger partial charge >= 0.3 is 12.0 Å². The van der Waals surface area contributed by atoms with Gasteiger partial charge in [-0.3, -0.25) is 9.89 Å². The van der Waals surface area contributed by atoms with Crippen molar-refractivity contribution in [2.75, 3.05) is 32.7 Å². The molecule has 2 amide bonds. The smallest absolute Gasteiger partial charge is 0.317 e. The van der Waals surface area contributed by atoms with Gasteiger partial charge in [0.25, 0.3) is 0 Å². The molecule has 1 aliphatic carbocycles. The predicted molar refractivity (Wildman–Crippen MR) is 92.2 cm³/mol. The first-order valence-electron chi connectivity index (χ1n) is 9.10. The van der Waals surface area contributed by atoms with Gasteiger partial charge in [-0.1, -0.05) is 12.8 Å². The molecule has 8 heteroatoms. The van der Waals surface area contributed by atoms with Gasteiger partial charge in [-0.15, -0.1) is 0 Å². The van der Waals surface area contributed by atoms with Crippen LogP contribution in [-0.4, -0.2) is 75.9 Å². The van der Waals surface area contributed by atoms with Crippen LogP contribution in [0.15, 0.2) is 12.4 Å². The summed E-state index contributed by atoms with van der Waals surface area (Å²) in [7, 11) is 0. The van der Waals surface area contributed by atoms with Crippen molar-refractivity contribution in [3.05, 3.63) is 18.0 Å². The Hall–Kier alpha value is -2.09. The van der Waals surface area contributed by atoms with Crippen molar-refractivity contribution in [2.45, 2.75) is 38.1 Å². The van der Waals surface area contributed by atoms with Gasteiger partial charge in [0.15, 0.2) is 0 Å². The number of aromatic amines is 1. The second-order valence-electron chi connectivity index (χ2n) is 7.07. The molecular formula is C17H27N5O3. The van der Waals surface area contributed by atoms with E-state index in [1.165, 1.54) is 0 Å². The number of urea groups is 1. The fourth-order valence-corrected chi connectivity index (χ4v) is 3.66. The first-order chi connectivity index (χ1) is 12.1. The summed E-state index contributed by atoms with van der Waals surface area (Å²) in [5, 5.41) is 19.3. The summed E-state index contributed by atoms with van der Waals surface area (Å²) in [5.74, 6) is -1.39. The molecule has 2 fully saturated rings. The van der Waals surface area contributed by atoms with Crippen molar-refractivity contribution < 1.29 is 14.7 Å². The summed E-state index contributed by atoms with van der Waals surface area (Å²) < 4.78 is 0. The van der Waals surface area contributed by atoms with Gasteiger partial charge in [0.1, 0.15) is 0 Å². The number of hydrogen-bond acceptors (Lipinski definition) is 4. The molecule has 0 spiro atoms. The van der Waals surface area contributed by atoms with Gasteiger partial charge in [0, 0.05) is 45.0 Å². The van der Waals surface area contributed by atoms with Gasteiger partial charge in [-0.25, -0.2) is 4.79 Å². The van der Waals surface area contributed by atoms with E-state index in [1.807, 2.05) is 6.20 Å². The zero-order valence-electron chi connectivity index (χ0n) is 14.5. The van der Waals surface area contributed by atoms with E-state index in [2.05, 4.69) is 20.4 Å². The number of carboxylic acid groups (broad SMARTS) is 1. The van der Waals surface area contributed by atoms with Crippen molar-refractivity contribution in [1.82, 2.24) is 25.3 Å². The fourth-order valence-electron chi connectivity index (χ4n) is 3.66. The predicted octanol–water partition coefficient (Wildman–Crippen LogP) is 0.923. The number of H-pyrrole nitrogens is 1. The Morgan fingerprint density at radius 3 is 2.76 bits per heavy atom. The van der Waals surface area contributed by atoms with E-state index in [1.54, 1.807) is 11.1 Å². The van der Waals surface area contributed by atoms with Crippen molar-refractivity contribution >= 4 is 12.0 Å². The van der Waals surface area contributed by atoms with Gasteiger partial charge < -0.3 is 20.2 Å². The number of rotatable bonds is 5. The van der Waals surface area contributed by atoms with Crippen LogP contribution < -0.4 is 5.32 Å². The second kappa shape index (κ2) is 8.33. The molecule has 1 unspecified atom stereocenters. The number of nitrogens with zero attached hydrogens (tertiary/aromatic N) is 3. The molecule has 3 N–H and O–H groups in total. The summed E-state index contributed by atoms with van der Waals surface area (Å²) >= 11 is 0. The van der Waals surface area contributed by atoms with Crippen LogP contribution in [0.5, 0.6) is 0 Å². The average molecular weight is 349 g/mol. The number of carboxylic acids is 1. The lowest BCUT2D eigenvalue weighted by molar-refractivity contribution is -0.142. The molecule has 2 aliphatic rings. The normalized spacial score (nSPS) is 22.7. The van der Waals surface area contributed by atoms with Crippen LogP contribution in [0.1, 0.15) is 31.2 Å². The van der Waals surface area contributed by atoms with Gasteiger partial charge in [-0.2, -0.15) is 5.10 Å². The number of carbonyl (C=O) groups excluding carboxylic acids is 1. The number of aliphatic carboxylic acids is 1. The zero-order chi connectivity index (χ0) is 17.6. The highest BCUT2D eigenvalue weighted by Gasteiger charge is 2.30. The molecule has 1 saturated heterocycles. The largest absolute Gasteiger partial charge is 0.481 e. The molecule has 3 rings (SSSR count). The number of amides is 2. The second-order valence-corrected chi connectivity index (χ2v) is 7.07. The minimum atomic E-state index is -0.839. The van der Waals surface area contributed by atoms with E-state index in [4.69, 9.17) is 0 Å². The molecule has 1 aromatic heterocycles. The molecule has 0 radical (unpaired) electrons. The van der Waals surface area contributed by atoms with E-state index in [-0.39, 0.29) is 18.6 Å². The Labute approximate surface area is 147 Å². The van der Waals surface area contributed by atoms with E-state index in [0.29, 0.717) is 19.6 Å². The Balaban J connectivity index is 1.56. The quantitative estimate of drug-likeness (QED) is 0.734. The molecule has 1 saturated carbocycles. The van der Waals surface area contributed by atoms with Crippen LogP contribution in [0.3, 0.4) is 0 Å². The van der Waals surface area contributed by atoms with Crippen LogP contribution in [-0.2, 0) is 11.2 Å². The van der Waals surface area contributed by atoms with Gasteiger partial charge in [0.2, 0.25) is 0 Å². The molecule has 25 heavy (non-hydrogen) atoms. The molecule has 1 atom stereocenters. The fraction of sp³-hybridized carbons (Fsp3) is 0.706. The van der Waals surface area contributed by atoms with Gasteiger partial charge in [0.05, 0.1) is 12.1 Å². The minimum Gasteiger partial charge on any atom is -0.481 e. The molecule has 1 aromatic rings. The molecule has 8 nitrogen and oxygen atoms in total. The van der Waals surface area contributed by atoms with Crippen molar-refractivity contribution in [3.63, 3.8) is 0 Å². The molecular weight excluding hydrogens is 322 g/mol. The monoisotopic (exact) mass is 349 g/mol. The average Bonchev–Trinajstić information content (AvgIpc) is 3.24. The number of nitrogens with one attached hydrogen (secondary N) is 2. The number of carbonyl (C=O) groups is 2. The molecule has 0 aromatic carbocycles. The van der Waals surface area contributed by atoms with Crippen molar-refractivity contribution in [2.24, 2.45) is 5.92 Å². The van der Waals surface area contributed by atoms with Crippen molar-refractivity contribution in [3.8, 4) is 0 Å². The number of aromatic nitrogens is 2. The van der Waals surface area contributed by atoms with E-state index >= 15 is 0 Å². The maximum Gasteiger partial charge on any atom is 0.317 e. The lowest BCUT2D eigenvalue weighted by Crippen LogP contribution is -2.47. The van der Waals surface area contributed by atoms with Crippen LogP contribution >= 0.6 is 0 Å². The highest BCUT2D eigenvalue weighted by molar-refractivity contribution is 5.76. The molecule has 2 heterocycles. The maximum absolute atomic E-state index is 12.5. The Bertz CT molecular complexity index is 571. The lowest BCUT2D eigenvalue weighted by atomic mass is 10.1.